The third kappa shape index (κ3) is 4.37. The van der Waals surface area contributed by atoms with E-state index in [0.717, 1.165) is 0 Å². The summed E-state index contributed by atoms with van der Waals surface area (Å²) in [7, 11) is 1.57. The second-order valence-electron chi connectivity index (χ2n) is 3.60. The SMILES string of the molecule is COCCN(CCCl)C(=O)c1ccc(F)cc1I. The largest absolute Gasteiger partial charge is 0.383 e. The molecule has 1 amide bonds. The molecule has 1 aromatic carbocycles. The Balaban J connectivity index is 2.87. The van der Waals surface area contributed by atoms with E-state index in [1.165, 1.54) is 18.2 Å². The van der Waals surface area contributed by atoms with Crippen molar-refractivity contribution >= 4 is 40.1 Å². The van der Waals surface area contributed by atoms with Gasteiger partial charge in [-0.3, -0.25) is 4.79 Å². The fourth-order valence-corrected chi connectivity index (χ4v) is 2.36. The number of alkyl halides is 1. The lowest BCUT2D eigenvalue weighted by Crippen LogP contribution is -2.35. The minimum atomic E-state index is -0.350. The first-order chi connectivity index (χ1) is 8.60. The van der Waals surface area contributed by atoms with Crippen molar-refractivity contribution in [3.63, 3.8) is 0 Å². The van der Waals surface area contributed by atoms with E-state index >= 15 is 0 Å². The predicted octanol–water partition coefficient (Wildman–Crippen LogP) is 2.76. The van der Waals surface area contributed by atoms with Gasteiger partial charge in [-0.2, -0.15) is 0 Å². The fraction of sp³-hybridized carbons (Fsp3) is 0.417. The maximum Gasteiger partial charge on any atom is 0.255 e. The van der Waals surface area contributed by atoms with E-state index in [0.29, 0.717) is 34.7 Å². The van der Waals surface area contributed by atoms with Gasteiger partial charge in [0.25, 0.3) is 5.91 Å². The van der Waals surface area contributed by atoms with Crippen LogP contribution in [0.3, 0.4) is 0 Å². The molecule has 100 valence electrons. The highest BCUT2D eigenvalue weighted by Gasteiger charge is 2.17. The van der Waals surface area contributed by atoms with Gasteiger partial charge in [-0.1, -0.05) is 0 Å². The average Bonchev–Trinajstić information content (AvgIpc) is 2.33. The summed E-state index contributed by atoms with van der Waals surface area (Å²) in [6.45, 7) is 1.35. The van der Waals surface area contributed by atoms with E-state index in [2.05, 4.69) is 0 Å². The summed E-state index contributed by atoms with van der Waals surface area (Å²) in [4.78, 5) is 13.9. The average molecular weight is 386 g/mol. The minimum absolute atomic E-state index is 0.155. The summed E-state index contributed by atoms with van der Waals surface area (Å²) in [5.41, 5.74) is 0.484. The zero-order valence-electron chi connectivity index (χ0n) is 9.96. The van der Waals surface area contributed by atoms with Crippen molar-refractivity contribution in [2.45, 2.75) is 0 Å². The molecule has 0 N–H and O–H groups in total. The van der Waals surface area contributed by atoms with Crippen LogP contribution in [0, 0.1) is 9.39 Å². The molecule has 1 rings (SSSR count). The number of methoxy groups -OCH3 is 1. The Morgan fingerprint density at radius 1 is 1.50 bits per heavy atom. The first kappa shape index (κ1) is 15.7. The van der Waals surface area contributed by atoms with Crippen molar-refractivity contribution in [3.05, 3.63) is 33.1 Å². The number of hydrogen-bond acceptors (Lipinski definition) is 2. The molecule has 0 unspecified atom stereocenters. The first-order valence-corrected chi connectivity index (χ1v) is 7.00. The lowest BCUT2D eigenvalue weighted by Gasteiger charge is -2.21. The van der Waals surface area contributed by atoms with Crippen LogP contribution in [0.5, 0.6) is 0 Å². The highest BCUT2D eigenvalue weighted by molar-refractivity contribution is 14.1. The molecule has 6 heteroatoms. The van der Waals surface area contributed by atoms with Crippen LogP contribution < -0.4 is 0 Å². The van der Waals surface area contributed by atoms with Gasteiger partial charge >= 0.3 is 0 Å². The third-order valence-electron chi connectivity index (χ3n) is 2.37. The van der Waals surface area contributed by atoms with Gasteiger partial charge in [0, 0.05) is 29.6 Å². The van der Waals surface area contributed by atoms with Gasteiger partial charge in [-0.15, -0.1) is 11.6 Å². The zero-order chi connectivity index (χ0) is 13.5. The fourth-order valence-electron chi connectivity index (χ4n) is 1.45. The minimum Gasteiger partial charge on any atom is -0.383 e. The zero-order valence-corrected chi connectivity index (χ0v) is 12.9. The van der Waals surface area contributed by atoms with Crippen molar-refractivity contribution in [1.29, 1.82) is 0 Å². The number of halogens is 3. The van der Waals surface area contributed by atoms with E-state index in [9.17, 15) is 9.18 Å². The molecule has 0 saturated heterocycles. The Morgan fingerprint density at radius 2 is 2.22 bits per heavy atom. The van der Waals surface area contributed by atoms with Crippen molar-refractivity contribution in [2.24, 2.45) is 0 Å². The van der Waals surface area contributed by atoms with E-state index in [1.807, 2.05) is 22.6 Å². The molecule has 0 spiro atoms. The molecule has 0 aliphatic rings. The van der Waals surface area contributed by atoms with Crippen molar-refractivity contribution in [2.75, 3.05) is 32.7 Å². The maximum absolute atomic E-state index is 13.0. The summed E-state index contributed by atoms with van der Waals surface area (Å²) in [5, 5.41) is 0. The summed E-state index contributed by atoms with van der Waals surface area (Å²) in [5.74, 6) is -0.151. The summed E-state index contributed by atoms with van der Waals surface area (Å²) >= 11 is 7.62. The van der Waals surface area contributed by atoms with Crippen LogP contribution in [0.1, 0.15) is 10.4 Å². The lowest BCUT2D eigenvalue weighted by molar-refractivity contribution is 0.0706. The quantitative estimate of drug-likeness (QED) is 0.557. The topological polar surface area (TPSA) is 29.5 Å². The lowest BCUT2D eigenvalue weighted by atomic mass is 10.2. The highest BCUT2D eigenvalue weighted by atomic mass is 127. The molecule has 0 aliphatic carbocycles. The van der Waals surface area contributed by atoms with Gasteiger partial charge in [0.15, 0.2) is 0 Å². The van der Waals surface area contributed by atoms with Crippen LogP contribution in [0.15, 0.2) is 18.2 Å². The molecular formula is C12H14ClFINO2. The van der Waals surface area contributed by atoms with Crippen LogP contribution in [-0.4, -0.2) is 43.5 Å². The molecule has 0 aliphatic heterocycles. The summed E-state index contributed by atoms with van der Waals surface area (Å²) < 4.78 is 18.5. The molecule has 0 heterocycles. The van der Waals surface area contributed by atoms with Gasteiger partial charge < -0.3 is 9.64 Å². The Bertz CT molecular complexity index is 417. The summed E-state index contributed by atoms with van der Waals surface area (Å²) in [6, 6.07) is 4.11. The predicted molar refractivity (Wildman–Crippen MR) is 77.6 cm³/mol. The van der Waals surface area contributed by atoms with Crippen LogP contribution in [-0.2, 0) is 4.74 Å². The second-order valence-corrected chi connectivity index (χ2v) is 5.14. The summed E-state index contributed by atoms with van der Waals surface area (Å²) in [6.07, 6.45) is 0. The molecule has 0 bridgehead atoms. The van der Waals surface area contributed by atoms with E-state index in [-0.39, 0.29) is 11.7 Å². The number of ether oxygens (including phenoxy) is 1. The number of hydrogen-bond donors (Lipinski definition) is 0. The smallest absolute Gasteiger partial charge is 0.255 e. The van der Waals surface area contributed by atoms with Crippen molar-refractivity contribution in [1.82, 2.24) is 4.90 Å². The van der Waals surface area contributed by atoms with Gasteiger partial charge in [-0.05, 0) is 40.8 Å². The molecule has 0 fully saturated rings. The van der Waals surface area contributed by atoms with Gasteiger partial charge in [0.1, 0.15) is 5.82 Å². The second kappa shape index (κ2) is 7.91. The molecule has 0 saturated carbocycles. The van der Waals surface area contributed by atoms with Crippen LogP contribution >= 0.6 is 34.2 Å². The molecule has 18 heavy (non-hydrogen) atoms. The molecule has 3 nitrogen and oxygen atoms in total. The first-order valence-electron chi connectivity index (χ1n) is 5.39. The molecule has 0 atom stereocenters. The van der Waals surface area contributed by atoms with Gasteiger partial charge in [-0.25, -0.2) is 4.39 Å². The normalized spacial score (nSPS) is 10.4. The monoisotopic (exact) mass is 385 g/mol. The van der Waals surface area contributed by atoms with Crippen LogP contribution in [0.4, 0.5) is 4.39 Å². The van der Waals surface area contributed by atoms with Gasteiger partial charge in [0.05, 0.1) is 12.2 Å². The molecule has 0 radical (unpaired) electrons. The highest BCUT2D eigenvalue weighted by Crippen LogP contribution is 2.16. The number of benzene rings is 1. The maximum atomic E-state index is 13.0. The Morgan fingerprint density at radius 3 is 2.78 bits per heavy atom. The molecular weight excluding hydrogens is 371 g/mol. The molecule has 0 aromatic heterocycles. The van der Waals surface area contributed by atoms with Gasteiger partial charge in [0.2, 0.25) is 0 Å². The Kier molecular flexibility index (Phi) is 6.88. The number of amides is 1. The number of carbonyl (C=O) groups is 1. The number of carbonyl (C=O) groups excluding carboxylic acids is 1. The van der Waals surface area contributed by atoms with Crippen LogP contribution in [0.25, 0.3) is 0 Å². The van der Waals surface area contributed by atoms with Crippen molar-refractivity contribution < 1.29 is 13.9 Å². The molecule has 1 aromatic rings. The van der Waals surface area contributed by atoms with Crippen molar-refractivity contribution in [3.8, 4) is 0 Å². The van der Waals surface area contributed by atoms with E-state index in [4.69, 9.17) is 16.3 Å². The van der Waals surface area contributed by atoms with E-state index in [1.54, 1.807) is 12.0 Å². The number of nitrogens with zero attached hydrogens (tertiary/aromatic N) is 1. The van der Waals surface area contributed by atoms with Crippen LogP contribution in [0.2, 0.25) is 0 Å². The number of rotatable bonds is 6. The standard InChI is InChI=1S/C12H14ClFINO2/c1-18-7-6-16(5-4-13)12(17)10-3-2-9(14)8-11(10)15/h2-3,8H,4-7H2,1H3. The Hall–Kier alpha value is -0.400. The third-order valence-corrected chi connectivity index (χ3v) is 3.43. The Labute approximate surface area is 124 Å². The van der Waals surface area contributed by atoms with E-state index < -0.39 is 0 Å².